The zero-order chi connectivity index (χ0) is 26.8. The summed E-state index contributed by atoms with van der Waals surface area (Å²) < 4.78 is 44.5. The van der Waals surface area contributed by atoms with Gasteiger partial charge in [-0.1, -0.05) is 16.4 Å². The summed E-state index contributed by atoms with van der Waals surface area (Å²) in [4.78, 5) is 4.74. The molecule has 5 heterocycles. The van der Waals surface area contributed by atoms with Crippen molar-refractivity contribution in [1.29, 1.82) is 0 Å². The van der Waals surface area contributed by atoms with E-state index < -0.39 is 23.3 Å². The second kappa shape index (κ2) is 8.95. The van der Waals surface area contributed by atoms with Crippen LogP contribution in [0, 0.1) is 24.5 Å². The molecule has 1 saturated heterocycles. The van der Waals surface area contributed by atoms with Gasteiger partial charge >= 0.3 is 0 Å². The van der Waals surface area contributed by atoms with Crippen molar-refractivity contribution in [2.75, 3.05) is 13.2 Å². The van der Waals surface area contributed by atoms with Crippen molar-refractivity contribution in [1.82, 2.24) is 29.7 Å². The highest BCUT2D eigenvalue weighted by Gasteiger charge is 2.37. The number of benzene rings is 1. The Hall–Kier alpha value is -3.70. The molecule has 0 aliphatic carbocycles. The molecular formula is C27H28F2N6O3. The maximum Gasteiger partial charge on any atom is 0.211 e. The van der Waals surface area contributed by atoms with Crippen LogP contribution in [0.2, 0.25) is 0 Å². The van der Waals surface area contributed by atoms with Gasteiger partial charge in [-0.2, -0.15) is 0 Å². The number of hydrogen-bond donors (Lipinski definition) is 1. The highest BCUT2D eigenvalue weighted by Crippen LogP contribution is 2.44. The molecule has 1 aromatic carbocycles. The Kier molecular flexibility index (Phi) is 5.80. The van der Waals surface area contributed by atoms with Gasteiger partial charge in [0.25, 0.3) is 0 Å². The molecule has 38 heavy (non-hydrogen) atoms. The van der Waals surface area contributed by atoms with Gasteiger partial charge in [-0.15, -0.1) is 5.10 Å². The van der Waals surface area contributed by atoms with Gasteiger partial charge in [-0.25, -0.2) is 18.4 Å². The second-order valence-corrected chi connectivity index (χ2v) is 10.4. The molecule has 1 unspecified atom stereocenters. The lowest BCUT2D eigenvalue weighted by atomic mass is 9.86. The fraction of sp³-hybridized carbons (Fsp3) is 0.407. The molecule has 1 fully saturated rings. The van der Waals surface area contributed by atoms with Crippen molar-refractivity contribution >= 4 is 22.1 Å². The fourth-order valence-corrected chi connectivity index (χ4v) is 5.65. The molecule has 5 aromatic rings. The molecule has 9 nitrogen and oxygen atoms in total. The lowest BCUT2D eigenvalue weighted by Crippen LogP contribution is -2.28. The van der Waals surface area contributed by atoms with E-state index in [4.69, 9.17) is 14.2 Å². The van der Waals surface area contributed by atoms with Gasteiger partial charge in [0.05, 0.1) is 22.9 Å². The number of halogens is 2. The highest BCUT2D eigenvalue weighted by molar-refractivity contribution is 6.04. The summed E-state index contributed by atoms with van der Waals surface area (Å²) in [7, 11) is 1.81. The van der Waals surface area contributed by atoms with E-state index in [1.54, 1.807) is 31.8 Å². The largest absolute Gasteiger partial charge is 0.384 e. The number of pyridine rings is 1. The molecule has 0 spiro atoms. The zero-order valence-electron chi connectivity index (χ0n) is 21.6. The van der Waals surface area contributed by atoms with Crippen LogP contribution in [0.15, 0.2) is 35.0 Å². The molecule has 0 saturated carbocycles. The first kappa shape index (κ1) is 24.6. The summed E-state index contributed by atoms with van der Waals surface area (Å²) in [6.07, 6.45) is 3.05. The Labute approximate surface area is 217 Å². The van der Waals surface area contributed by atoms with Gasteiger partial charge < -0.3 is 18.9 Å². The summed E-state index contributed by atoms with van der Waals surface area (Å²) in [5.74, 6) is -1.34. The lowest BCUT2D eigenvalue weighted by Gasteiger charge is -2.33. The SMILES string of the molecule is Cc1nnn(C)c1-c1cnc2c3onc(C(C)(C)O)c3n(C(c3ccc(F)cc3F)C3CCOCC3)c2c1. The average molecular weight is 523 g/mol. The topological polar surface area (TPSA) is 104 Å². The van der Waals surface area contributed by atoms with Crippen LogP contribution in [-0.4, -0.2) is 48.0 Å². The number of fused-ring (bicyclic) bond motifs is 3. The molecule has 4 aromatic heterocycles. The summed E-state index contributed by atoms with van der Waals surface area (Å²) in [5.41, 5.74) is 3.70. The van der Waals surface area contributed by atoms with Gasteiger partial charge in [0, 0.05) is 43.7 Å². The molecule has 6 rings (SSSR count). The molecule has 11 heteroatoms. The van der Waals surface area contributed by atoms with Crippen molar-refractivity contribution in [3.05, 3.63) is 59.0 Å². The third kappa shape index (κ3) is 3.88. The van der Waals surface area contributed by atoms with Crippen LogP contribution in [0.1, 0.15) is 49.7 Å². The highest BCUT2D eigenvalue weighted by atomic mass is 19.1. The van der Waals surface area contributed by atoms with Crippen LogP contribution >= 0.6 is 0 Å². The molecule has 1 aliphatic heterocycles. The quantitative estimate of drug-likeness (QED) is 0.354. The summed E-state index contributed by atoms with van der Waals surface area (Å²) in [6, 6.07) is 5.05. The van der Waals surface area contributed by atoms with E-state index in [9.17, 15) is 9.50 Å². The van der Waals surface area contributed by atoms with Gasteiger partial charge in [0.1, 0.15) is 34.0 Å². The van der Waals surface area contributed by atoms with Crippen molar-refractivity contribution in [3.8, 4) is 11.3 Å². The normalized spacial score (nSPS) is 16.1. The fourth-order valence-electron chi connectivity index (χ4n) is 5.65. The van der Waals surface area contributed by atoms with Crippen molar-refractivity contribution < 1.29 is 23.1 Å². The Balaban J connectivity index is 1.72. The molecule has 1 atom stereocenters. The van der Waals surface area contributed by atoms with Crippen LogP contribution in [-0.2, 0) is 17.4 Å². The van der Waals surface area contributed by atoms with Crippen LogP contribution in [0.4, 0.5) is 8.78 Å². The van der Waals surface area contributed by atoms with Crippen LogP contribution < -0.4 is 0 Å². The minimum atomic E-state index is -1.36. The summed E-state index contributed by atoms with van der Waals surface area (Å²) in [6.45, 7) is 6.16. The summed E-state index contributed by atoms with van der Waals surface area (Å²) >= 11 is 0. The molecule has 198 valence electrons. The van der Waals surface area contributed by atoms with Crippen LogP contribution in [0.3, 0.4) is 0 Å². The number of hydrogen-bond acceptors (Lipinski definition) is 7. The Morgan fingerprint density at radius 3 is 2.58 bits per heavy atom. The standard InChI is InChI=1S/C27H28F2N6O3/c1-14-22(34(4)33-31-14)16-11-20-21(30-13-16)25-24(26(32-38-25)27(2,3)36)35(20)23(15-7-9-37-10-8-15)18-6-5-17(28)12-19(18)29/h5-6,11-13,15,23,36H,7-10H2,1-4H3. The van der Waals surface area contributed by atoms with Crippen LogP contribution in [0.25, 0.3) is 33.4 Å². The molecule has 1 N–H and O–H groups in total. The van der Waals surface area contributed by atoms with E-state index in [2.05, 4.69) is 15.5 Å². The first-order valence-corrected chi connectivity index (χ1v) is 12.6. The van der Waals surface area contributed by atoms with E-state index in [0.29, 0.717) is 59.4 Å². The van der Waals surface area contributed by atoms with E-state index in [-0.39, 0.29) is 5.92 Å². The molecule has 1 aliphatic rings. The second-order valence-electron chi connectivity index (χ2n) is 10.4. The smallest absolute Gasteiger partial charge is 0.211 e. The summed E-state index contributed by atoms with van der Waals surface area (Å²) in [5, 5.41) is 23.5. The maximum absolute atomic E-state index is 15.5. The Morgan fingerprint density at radius 1 is 1.16 bits per heavy atom. The van der Waals surface area contributed by atoms with E-state index in [0.717, 1.165) is 23.0 Å². The van der Waals surface area contributed by atoms with Crippen molar-refractivity contribution in [2.24, 2.45) is 13.0 Å². The predicted octanol–water partition coefficient (Wildman–Crippen LogP) is 4.80. The Morgan fingerprint density at radius 2 is 1.92 bits per heavy atom. The number of aliphatic hydroxyl groups is 1. The number of aromatic nitrogens is 6. The maximum atomic E-state index is 15.5. The minimum Gasteiger partial charge on any atom is -0.384 e. The first-order valence-electron chi connectivity index (χ1n) is 12.6. The monoisotopic (exact) mass is 522 g/mol. The molecule has 0 bridgehead atoms. The van der Waals surface area contributed by atoms with E-state index >= 15 is 4.39 Å². The third-order valence-corrected chi connectivity index (χ3v) is 7.37. The van der Waals surface area contributed by atoms with Gasteiger partial charge in [0.15, 0.2) is 0 Å². The van der Waals surface area contributed by atoms with Crippen molar-refractivity contribution in [3.63, 3.8) is 0 Å². The number of ether oxygens (including phenoxy) is 1. The van der Waals surface area contributed by atoms with Crippen molar-refractivity contribution in [2.45, 2.75) is 45.3 Å². The average Bonchev–Trinajstić information content (AvgIpc) is 3.54. The third-order valence-electron chi connectivity index (χ3n) is 7.37. The number of nitrogens with zero attached hydrogens (tertiary/aromatic N) is 6. The molecular weight excluding hydrogens is 494 g/mol. The first-order chi connectivity index (χ1) is 18.1. The van der Waals surface area contributed by atoms with E-state index in [1.165, 1.54) is 12.1 Å². The van der Waals surface area contributed by atoms with Crippen LogP contribution in [0.5, 0.6) is 0 Å². The van der Waals surface area contributed by atoms with Gasteiger partial charge in [-0.05, 0) is 51.7 Å². The molecule has 0 amide bonds. The predicted molar refractivity (Wildman–Crippen MR) is 135 cm³/mol. The van der Waals surface area contributed by atoms with E-state index in [1.807, 2.05) is 17.6 Å². The van der Waals surface area contributed by atoms with Gasteiger partial charge in [-0.3, -0.25) is 0 Å². The minimum absolute atomic E-state index is 0.0455. The number of aryl methyl sites for hydroxylation is 2. The van der Waals surface area contributed by atoms with Gasteiger partial charge in [0.2, 0.25) is 5.58 Å². The zero-order valence-corrected chi connectivity index (χ0v) is 21.6. The number of rotatable bonds is 5. The lowest BCUT2D eigenvalue weighted by molar-refractivity contribution is 0.0542. The molecule has 0 radical (unpaired) electrons. The Bertz CT molecular complexity index is 1640.